The molecule has 4 rings (SSSR count). The van der Waals surface area contributed by atoms with Crippen LogP contribution in [0.2, 0.25) is 0 Å². The van der Waals surface area contributed by atoms with Crippen LogP contribution in [0.25, 0.3) is 10.9 Å². The second-order valence-corrected chi connectivity index (χ2v) is 7.54. The molecule has 1 aliphatic rings. The third-order valence-corrected chi connectivity index (χ3v) is 5.34. The summed E-state index contributed by atoms with van der Waals surface area (Å²) in [4.78, 5) is 12.5. The maximum absolute atomic E-state index is 4.64. The van der Waals surface area contributed by atoms with Gasteiger partial charge in [0.25, 0.3) is 0 Å². The lowest BCUT2D eigenvalue weighted by Crippen LogP contribution is -2.11. The average molecular weight is 376 g/mol. The van der Waals surface area contributed by atoms with E-state index in [1.54, 1.807) is 5.57 Å². The van der Waals surface area contributed by atoms with E-state index in [9.17, 15) is 0 Å². The molecule has 5 nitrogen and oxygen atoms in total. The van der Waals surface area contributed by atoms with Gasteiger partial charge in [0.2, 0.25) is 5.95 Å². The van der Waals surface area contributed by atoms with E-state index in [1.165, 1.54) is 42.1 Å². The molecular formula is C23H29N5. The SMILES string of the molecule is Cc1cc(NCCC2=CCCCC2)nc(NCCc2c[nH]c3ccccc23)n1. The van der Waals surface area contributed by atoms with E-state index in [-0.39, 0.29) is 0 Å². The van der Waals surface area contributed by atoms with Crippen molar-refractivity contribution in [3.8, 4) is 0 Å². The molecule has 0 spiro atoms. The Morgan fingerprint density at radius 3 is 2.82 bits per heavy atom. The molecule has 146 valence electrons. The van der Waals surface area contributed by atoms with Crippen molar-refractivity contribution in [2.45, 2.75) is 45.4 Å². The summed E-state index contributed by atoms with van der Waals surface area (Å²) in [7, 11) is 0. The molecule has 0 saturated carbocycles. The van der Waals surface area contributed by atoms with Crippen molar-refractivity contribution in [3.63, 3.8) is 0 Å². The maximum atomic E-state index is 4.64. The van der Waals surface area contributed by atoms with E-state index in [0.29, 0.717) is 5.95 Å². The molecule has 3 N–H and O–H groups in total. The summed E-state index contributed by atoms with van der Waals surface area (Å²) in [5.74, 6) is 1.60. The molecule has 5 heteroatoms. The van der Waals surface area contributed by atoms with Gasteiger partial charge in [-0.05, 0) is 57.1 Å². The molecular weight excluding hydrogens is 346 g/mol. The Labute approximate surface area is 166 Å². The third-order valence-electron chi connectivity index (χ3n) is 5.34. The molecule has 3 aromatic rings. The van der Waals surface area contributed by atoms with Crippen molar-refractivity contribution in [1.29, 1.82) is 0 Å². The van der Waals surface area contributed by atoms with E-state index < -0.39 is 0 Å². The van der Waals surface area contributed by atoms with Crippen LogP contribution in [-0.4, -0.2) is 28.0 Å². The van der Waals surface area contributed by atoms with E-state index in [1.807, 2.05) is 13.0 Å². The summed E-state index contributed by atoms with van der Waals surface area (Å²) in [6, 6.07) is 10.4. The summed E-state index contributed by atoms with van der Waals surface area (Å²) < 4.78 is 0. The van der Waals surface area contributed by atoms with Gasteiger partial charge in [-0.3, -0.25) is 0 Å². The molecule has 0 atom stereocenters. The number of aryl methyl sites for hydroxylation is 1. The second-order valence-electron chi connectivity index (χ2n) is 7.54. The van der Waals surface area contributed by atoms with Crippen LogP contribution in [0.5, 0.6) is 0 Å². The number of hydrogen-bond donors (Lipinski definition) is 3. The fraction of sp³-hybridized carbons (Fsp3) is 0.391. The van der Waals surface area contributed by atoms with E-state index in [2.05, 4.69) is 62.1 Å². The van der Waals surface area contributed by atoms with Crippen LogP contribution in [0, 0.1) is 6.92 Å². The Bertz CT molecular complexity index is 957. The molecule has 0 amide bonds. The lowest BCUT2D eigenvalue weighted by atomic mass is 9.97. The number of benzene rings is 1. The first-order valence-electron chi connectivity index (χ1n) is 10.3. The molecule has 0 fully saturated rings. The highest BCUT2D eigenvalue weighted by molar-refractivity contribution is 5.83. The standard InChI is InChI=1S/C23H29N5/c1-17-15-22(24-13-11-18-7-3-2-4-8-18)28-23(27-17)25-14-12-19-16-26-21-10-6-5-9-20(19)21/h5-7,9-10,15-16,26H,2-4,8,11-14H2,1H3,(H2,24,25,27,28). The van der Waals surface area contributed by atoms with Crippen molar-refractivity contribution >= 4 is 22.7 Å². The van der Waals surface area contributed by atoms with Crippen LogP contribution in [-0.2, 0) is 6.42 Å². The molecule has 2 heterocycles. The molecule has 28 heavy (non-hydrogen) atoms. The summed E-state index contributed by atoms with van der Waals surface area (Å²) in [5, 5.41) is 8.13. The van der Waals surface area contributed by atoms with E-state index >= 15 is 0 Å². The molecule has 1 aromatic carbocycles. The first-order valence-corrected chi connectivity index (χ1v) is 10.3. The Kier molecular flexibility index (Phi) is 5.90. The van der Waals surface area contributed by atoms with Crippen LogP contribution < -0.4 is 10.6 Å². The Morgan fingerprint density at radius 2 is 1.93 bits per heavy atom. The number of rotatable bonds is 8. The van der Waals surface area contributed by atoms with E-state index in [4.69, 9.17) is 0 Å². The van der Waals surface area contributed by atoms with Gasteiger partial charge in [0.15, 0.2) is 0 Å². The average Bonchev–Trinajstić information content (AvgIpc) is 3.12. The number of aromatic nitrogens is 3. The van der Waals surface area contributed by atoms with Crippen molar-refractivity contribution in [2.24, 2.45) is 0 Å². The predicted molar refractivity (Wildman–Crippen MR) is 117 cm³/mol. The smallest absolute Gasteiger partial charge is 0.224 e. The summed E-state index contributed by atoms with van der Waals surface area (Å²) in [6.45, 7) is 3.75. The second kappa shape index (κ2) is 8.91. The molecule has 1 aliphatic carbocycles. The van der Waals surface area contributed by atoms with Crippen LogP contribution in [0.3, 0.4) is 0 Å². The minimum atomic E-state index is 0.694. The van der Waals surface area contributed by atoms with Crippen LogP contribution >= 0.6 is 0 Å². The third kappa shape index (κ3) is 4.71. The first kappa shape index (κ1) is 18.5. The van der Waals surface area contributed by atoms with E-state index in [0.717, 1.165) is 37.4 Å². The minimum absolute atomic E-state index is 0.694. The number of anilines is 2. The van der Waals surface area contributed by atoms with Gasteiger partial charge in [0.05, 0.1) is 0 Å². The highest BCUT2D eigenvalue weighted by Crippen LogP contribution is 2.20. The van der Waals surface area contributed by atoms with Gasteiger partial charge in [0.1, 0.15) is 5.82 Å². The highest BCUT2D eigenvalue weighted by Gasteiger charge is 2.06. The molecule has 0 radical (unpaired) electrons. The Hall–Kier alpha value is -2.82. The molecule has 0 bridgehead atoms. The van der Waals surface area contributed by atoms with Crippen molar-refractivity contribution < 1.29 is 0 Å². The molecule has 0 saturated heterocycles. The molecule has 0 aliphatic heterocycles. The summed E-state index contributed by atoms with van der Waals surface area (Å²) in [5.41, 5.74) is 5.06. The number of nitrogens with one attached hydrogen (secondary N) is 3. The zero-order chi connectivity index (χ0) is 19.2. The van der Waals surface area contributed by atoms with Crippen molar-refractivity contribution in [2.75, 3.05) is 23.7 Å². The van der Waals surface area contributed by atoms with Crippen molar-refractivity contribution in [3.05, 3.63) is 59.4 Å². The van der Waals surface area contributed by atoms with Gasteiger partial charge in [-0.15, -0.1) is 0 Å². The van der Waals surface area contributed by atoms with Gasteiger partial charge in [0, 0.05) is 41.9 Å². The number of hydrogen-bond acceptors (Lipinski definition) is 4. The fourth-order valence-corrected chi connectivity index (χ4v) is 3.87. The number of aromatic amines is 1. The lowest BCUT2D eigenvalue weighted by molar-refractivity contribution is 0.679. The first-order chi connectivity index (χ1) is 13.8. The normalized spacial score (nSPS) is 14.1. The number of nitrogens with zero attached hydrogens (tertiary/aromatic N) is 2. The van der Waals surface area contributed by atoms with Crippen LogP contribution in [0.15, 0.2) is 48.2 Å². The molecule has 2 aromatic heterocycles. The van der Waals surface area contributed by atoms with Gasteiger partial charge in [-0.2, -0.15) is 4.98 Å². The van der Waals surface area contributed by atoms with Gasteiger partial charge < -0.3 is 15.6 Å². The quantitative estimate of drug-likeness (QED) is 0.472. The van der Waals surface area contributed by atoms with Gasteiger partial charge in [-0.25, -0.2) is 4.98 Å². The number of H-pyrrole nitrogens is 1. The maximum Gasteiger partial charge on any atom is 0.224 e. The predicted octanol–water partition coefficient (Wildman–Crippen LogP) is 5.22. The lowest BCUT2D eigenvalue weighted by Gasteiger charge is -2.14. The minimum Gasteiger partial charge on any atom is -0.370 e. The summed E-state index contributed by atoms with van der Waals surface area (Å²) >= 11 is 0. The fourth-order valence-electron chi connectivity index (χ4n) is 3.87. The topological polar surface area (TPSA) is 65.6 Å². The number of para-hydroxylation sites is 1. The van der Waals surface area contributed by atoms with Crippen LogP contribution in [0.4, 0.5) is 11.8 Å². The zero-order valence-electron chi connectivity index (χ0n) is 16.6. The van der Waals surface area contributed by atoms with Gasteiger partial charge >= 0.3 is 0 Å². The Morgan fingerprint density at radius 1 is 1.04 bits per heavy atom. The zero-order valence-corrected chi connectivity index (χ0v) is 16.6. The number of allylic oxidation sites excluding steroid dienone is 1. The van der Waals surface area contributed by atoms with Gasteiger partial charge in [-0.1, -0.05) is 29.8 Å². The number of fused-ring (bicyclic) bond motifs is 1. The van der Waals surface area contributed by atoms with Crippen molar-refractivity contribution in [1.82, 2.24) is 15.0 Å². The molecule has 0 unspecified atom stereocenters. The summed E-state index contributed by atoms with van der Waals surface area (Å²) in [6.07, 6.45) is 11.7. The monoisotopic (exact) mass is 375 g/mol. The highest BCUT2D eigenvalue weighted by atomic mass is 15.1. The largest absolute Gasteiger partial charge is 0.370 e. The van der Waals surface area contributed by atoms with Crippen LogP contribution in [0.1, 0.15) is 43.4 Å². The Balaban J connectivity index is 1.31.